The molecule has 1 saturated heterocycles. The lowest BCUT2D eigenvalue weighted by Gasteiger charge is -2.30. The smallest absolute Gasteiger partial charge is 0.286 e. The van der Waals surface area contributed by atoms with E-state index in [0.29, 0.717) is 35.3 Å². The third-order valence-electron chi connectivity index (χ3n) is 6.08. The maximum Gasteiger partial charge on any atom is 0.286 e. The largest absolute Gasteiger partial charge is 0.328 e. The summed E-state index contributed by atoms with van der Waals surface area (Å²) in [5.41, 5.74) is 1.91. The Morgan fingerprint density at radius 1 is 1.06 bits per heavy atom. The summed E-state index contributed by atoms with van der Waals surface area (Å²) < 4.78 is 30.0. The minimum absolute atomic E-state index is 0.134. The zero-order valence-electron chi connectivity index (χ0n) is 17.5. The molecule has 6 nitrogen and oxygen atoms in total. The predicted octanol–water partition coefficient (Wildman–Crippen LogP) is 4.70. The van der Waals surface area contributed by atoms with E-state index in [1.54, 1.807) is 28.8 Å². The molecule has 1 unspecified atom stereocenters. The molecule has 3 aliphatic heterocycles. The fourth-order valence-electron chi connectivity index (χ4n) is 4.47. The highest BCUT2D eigenvalue weighted by atomic mass is 32.2. The monoisotopic (exact) mass is 455 g/mol. The van der Waals surface area contributed by atoms with Gasteiger partial charge >= 0.3 is 0 Å². The van der Waals surface area contributed by atoms with Gasteiger partial charge in [0.1, 0.15) is 10.7 Å². The second-order valence-electron chi connectivity index (χ2n) is 8.27. The third kappa shape index (κ3) is 3.76. The van der Waals surface area contributed by atoms with E-state index in [4.69, 9.17) is 0 Å². The fraction of sp³-hybridized carbons (Fsp3) is 0.391. The number of rotatable bonds is 1. The molecule has 2 aromatic carbocycles. The lowest BCUT2D eigenvalue weighted by Crippen LogP contribution is -2.36. The van der Waals surface area contributed by atoms with Crippen molar-refractivity contribution in [3.8, 4) is 0 Å². The van der Waals surface area contributed by atoms with Crippen molar-refractivity contribution in [2.75, 3.05) is 22.9 Å². The summed E-state index contributed by atoms with van der Waals surface area (Å²) in [4.78, 5) is 18.5. The number of hydrogen-bond donors (Lipinski definition) is 0. The number of nitrogens with zero attached hydrogens (tertiary/aromatic N) is 3. The first-order valence-electron chi connectivity index (χ1n) is 10.8. The Kier molecular flexibility index (Phi) is 5.30. The van der Waals surface area contributed by atoms with Crippen LogP contribution in [0.15, 0.2) is 56.7 Å². The maximum atomic E-state index is 13.5. The molecule has 1 atom stereocenters. The van der Waals surface area contributed by atoms with Gasteiger partial charge in [0, 0.05) is 35.2 Å². The molecule has 0 saturated carbocycles. The molecule has 8 heteroatoms. The second kappa shape index (κ2) is 7.98. The van der Waals surface area contributed by atoms with Crippen LogP contribution in [-0.2, 0) is 10.0 Å². The molecule has 0 spiro atoms. The molecular formula is C23H25N3O3S2. The summed E-state index contributed by atoms with van der Waals surface area (Å²) in [7, 11) is -3.82. The average Bonchev–Trinajstić information content (AvgIpc) is 3.08. The van der Waals surface area contributed by atoms with Gasteiger partial charge in [0.05, 0.1) is 11.4 Å². The molecule has 0 bridgehead atoms. The Morgan fingerprint density at radius 3 is 2.77 bits per heavy atom. The molecule has 2 aromatic rings. The van der Waals surface area contributed by atoms with Crippen molar-refractivity contribution in [3.05, 3.63) is 48.0 Å². The van der Waals surface area contributed by atoms with E-state index in [-0.39, 0.29) is 10.8 Å². The van der Waals surface area contributed by atoms with Gasteiger partial charge in [0.25, 0.3) is 15.9 Å². The number of fused-ring (bicyclic) bond motifs is 4. The maximum absolute atomic E-state index is 13.5. The number of hydrogen-bond acceptors (Lipinski definition) is 5. The van der Waals surface area contributed by atoms with E-state index < -0.39 is 10.0 Å². The first kappa shape index (κ1) is 20.6. The van der Waals surface area contributed by atoms with Crippen molar-refractivity contribution in [1.82, 2.24) is 0 Å². The number of carbonyl (C=O) groups is 1. The van der Waals surface area contributed by atoms with Crippen LogP contribution in [0.4, 0.5) is 11.4 Å². The molecule has 0 N–H and O–H groups in total. The van der Waals surface area contributed by atoms with Crippen LogP contribution in [0.5, 0.6) is 0 Å². The van der Waals surface area contributed by atoms with Crippen molar-refractivity contribution >= 4 is 44.9 Å². The minimum atomic E-state index is -3.82. The zero-order chi connectivity index (χ0) is 21.6. The number of benzene rings is 2. The summed E-state index contributed by atoms with van der Waals surface area (Å²) in [6.07, 6.45) is 4.54. The average molecular weight is 456 g/mol. The summed E-state index contributed by atoms with van der Waals surface area (Å²) in [6, 6.07) is 13.0. The topological polar surface area (TPSA) is 70.0 Å². The molecule has 162 valence electrons. The summed E-state index contributed by atoms with van der Waals surface area (Å²) in [5, 5.41) is 0.402. The molecule has 0 aromatic heterocycles. The van der Waals surface area contributed by atoms with Gasteiger partial charge in [-0.1, -0.05) is 25.5 Å². The minimum Gasteiger partial charge on any atom is -0.328 e. The molecule has 31 heavy (non-hydrogen) atoms. The highest BCUT2D eigenvalue weighted by Crippen LogP contribution is 2.39. The van der Waals surface area contributed by atoms with Crippen molar-refractivity contribution < 1.29 is 13.2 Å². The summed E-state index contributed by atoms with van der Waals surface area (Å²) in [5.74, 6) is 0.447. The molecule has 1 amide bonds. The van der Waals surface area contributed by atoms with E-state index in [9.17, 15) is 13.2 Å². The van der Waals surface area contributed by atoms with E-state index in [0.717, 1.165) is 42.8 Å². The lowest BCUT2D eigenvalue weighted by molar-refractivity contribution is 0.0986. The quantitative estimate of drug-likeness (QED) is 0.623. The van der Waals surface area contributed by atoms with Gasteiger partial charge in [0.15, 0.2) is 0 Å². The van der Waals surface area contributed by atoms with Crippen molar-refractivity contribution in [3.63, 3.8) is 0 Å². The van der Waals surface area contributed by atoms with E-state index >= 15 is 0 Å². The number of sulfonamides is 1. The second-order valence-corrected chi connectivity index (χ2v) is 11.3. The number of thioether (sulfide) groups is 1. The van der Waals surface area contributed by atoms with Crippen molar-refractivity contribution in [1.29, 1.82) is 0 Å². The molecule has 1 fully saturated rings. The highest BCUT2D eigenvalue weighted by Gasteiger charge is 2.33. The van der Waals surface area contributed by atoms with Crippen LogP contribution in [0.3, 0.4) is 0 Å². The number of amides is 1. The van der Waals surface area contributed by atoms with Gasteiger partial charge in [-0.25, -0.2) is 0 Å². The third-order valence-corrected chi connectivity index (χ3v) is 8.65. The Hall–Kier alpha value is -2.32. The lowest BCUT2D eigenvalue weighted by atomic mass is 10.1. The Labute approximate surface area is 187 Å². The van der Waals surface area contributed by atoms with Crippen LogP contribution in [0.25, 0.3) is 0 Å². The van der Waals surface area contributed by atoms with Crippen LogP contribution < -0.4 is 9.80 Å². The summed E-state index contributed by atoms with van der Waals surface area (Å²) in [6.45, 7) is 3.52. The van der Waals surface area contributed by atoms with Crippen molar-refractivity contribution in [2.45, 2.75) is 54.1 Å². The van der Waals surface area contributed by atoms with Gasteiger partial charge in [-0.3, -0.25) is 4.79 Å². The highest BCUT2D eigenvalue weighted by molar-refractivity contribution is 8.00. The van der Waals surface area contributed by atoms with Gasteiger partial charge in [-0.15, -0.1) is 16.2 Å². The zero-order valence-corrected chi connectivity index (χ0v) is 19.1. The number of carbonyl (C=O) groups excluding carboxylic acids is 1. The Morgan fingerprint density at radius 2 is 1.90 bits per heavy atom. The molecule has 0 radical (unpaired) electrons. The van der Waals surface area contributed by atoms with Crippen LogP contribution in [0, 0.1) is 0 Å². The standard InChI is InChI=1S/C23H25N3O3S2/c1-16-12-14-26(18-7-4-5-8-20(18)30-16)23(27)17-10-11-19-21(15-17)31(28,29)24-22-9-3-2-6-13-25(19)22/h4-5,7-8,10-11,15-16H,2-3,6,9,12-14H2,1H3. The number of amidine groups is 1. The SMILES string of the molecule is CC1CCN(C(=O)c2ccc3c(c2)S(=O)(=O)N=C2CCCCCN23)c2ccccc2S1. The summed E-state index contributed by atoms with van der Waals surface area (Å²) >= 11 is 1.77. The molecular weight excluding hydrogens is 430 g/mol. The predicted molar refractivity (Wildman–Crippen MR) is 125 cm³/mol. The normalized spacial score (nSPS) is 22.4. The van der Waals surface area contributed by atoms with Crippen LogP contribution in [0.1, 0.15) is 49.4 Å². The Bertz CT molecular complexity index is 1180. The first-order valence-corrected chi connectivity index (χ1v) is 13.1. The molecule has 5 rings (SSSR count). The molecule has 3 heterocycles. The van der Waals surface area contributed by atoms with Crippen LogP contribution >= 0.6 is 11.8 Å². The molecule has 3 aliphatic rings. The number of para-hydroxylation sites is 1. The van der Waals surface area contributed by atoms with Crippen molar-refractivity contribution in [2.24, 2.45) is 4.40 Å². The van der Waals surface area contributed by atoms with E-state index in [1.165, 1.54) is 6.07 Å². The van der Waals surface area contributed by atoms with Crippen LogP contribution in [0.2, 0.25) is 0 Å². The van der Waals surface area contributed by atoms with Gasteiger partial charge in [-0.05, 0) is 49.6 Å². The van der Waals surface area contributed by atoms with Crippen LogP contribution in [-0.4, -0.2) is 38.5 Å². The Balaban J connectivity index is 1.55. The van der Waals surface area contributed by atoms with E-state index in [2.05, 4.69) is 11.3 Å². The van der Waals surface area contributed by atoms with E-state index in [1.807, 2.05) is 29.2 Å². The van der Waals surface area contributed by atoms with Gasteiger partial charge in [0.2, 0.25) is 0 Å². The fourth-order valence-corrected chi connectivity index (χ4v) is 6.86. The molecule has 0 aliphatic carbocycles. The van der Waals surface area contributed by atoms with Gasteiger partial charge in [-0.2, -0.15) is 8.42 Å². The van der Waals surface area contributed by atoms with Gasteiger partial charge < -0.3 is 9.80 Å². The number of anilines is 2. The first-order chi connectivity index (χ1) is 14.9.